The number of imidazole rings is 2. The standard InChI is InChI=1S/C40H46N8O8/c1-19-20(2)28(30-16-42-36(44-30)32-14-26(50)18-48(32)38(52)34(24-9-10-24)46-40(55)56)12-11-27(19)21-3-5-22(6-4-21)29-15-41-35(43-29)31-13-25(49)17-47(31)37(51)33(23-7-8-23)45-39(53)54/h3-6,11-12,15-16,23-26,31-34,45-46,49-50H,7-10,13-14,17-18H2,1-2H3,(H,41,43)(H,42,44)(H,53,54)(H,55,56)/t25-,26-,31+,32+,33+,34+/m1/s1. The van der Waals surface area contributed by atoms with Gasteiger partial charge in [0, 0.05) is 31.5 Å². The Labute approximate surface area is 322 Å². The third kappa shape index (κ3) is 7.33. The molecule has 4 heterocycles. The highest BCUT2D eigenvalue weighted by Crippen LogP contribution is 2.40. The number of benzene rings is 2. The molecule has 0 unspecified atom stereocenters. The van der Waals surface area contributed by atoms with Gasteiger partial charge < -0.3 is 50.8 Å². The lowest BCUT2D eigenvalue weighted by Crippen LogP contribution is -2.49. The number of aromatic nitrogens is 4. The molecule has 4 fully saturated rings. The number of H-pyrrole nitrogens is 2. The van der Waals surface area contributed by atoms with E-state index in [4.69, 9.17) is 0 Å². The second kappa shape index (κ2) is 14.7. The molecule has 2 aliphatic heterocycles. The Morgan fingerprint density at radius 1 is 0.661 bits per heavy atom. The van der Waals surface area contributed by atoms with E-state index in [9.17, 15) is 39.6 Å². The van der Waals surface area contributed by atoms with Crippen molar-refractivity contribution < 1.29 is 39.6 Å². The molecule has 2 aromatic heterocycles. The number of hydrogen-bond donors (Lipinski definition) is 8. The number of amides is 4. The molecule has 56 heavy (non-hydrogen) atoms. The fourth-order valence-corrected chi connectivity index (χ4v) is 8.43. The van der Waals surface area contributed by atoms with Crippen molar-refractivity contribution >= 4 is 24.0 Å². The molecular weight excluding hydrogens is 720 g/mol. The van der Waals surface area contributed by atoms with Gasteiger partial charge >= 0.3 is 12.2 Å². The number of aliphatic hydroxyl groups excluding tert-OH is 2. The Morgan fingerprint density at radius 3 is 1.57 bits per heavy atom. The quantitative estimate of drug-likeness (QED) is 0.109. The van der Waals surface area contributed by atoms with Gasteiger partial charge in [-0.15, -0.1) is 0 Å². The monoisotopic (exact) mass is 766 g/mol. The number of β-amino-alcohol motifs (C(OH)–C–C–N with tert-alkyl or cyclic N) is 2. The number of aliphatic hydroxyl groups is 2. The number of rotatable bonds is 11. The van der Waals surface area contributed by atoms with Crippen molar-refractivity contribution in [3.05, 3.63) is 71.6 Å². The smallest absolute Gasteiger partial charge is 0.405 e. The van der Waals surface area contributed by atoms with Gasteiger partial charge in [0.05, 0.1) is 48.1 Å². The van der Waals surface area contributed by atoms with E-state index in [0.717, 1.165) is 70.5 Å². The molecule has 2 aliphatic carbocycles. The Bertz CT molecular complexity index is 2160. The lowest BCUT2D eigenvalue weighted by atomic mass is 9.92. The second-order valence-corrected chi connectivity index (χ2v) is 15.7. The molecule has 294 valence electrons. The molecule has 8 rings (SSSR count). The fourth-order valence-electron chi connectivity index (χ4n) is 8.43. The fraction of sp³-hybridized carbons (Fsp3) is 0.450. The Hall–Kier alpha value is -5.74. The summed E-state index contributed by atoms with van der Waals surface area (Å²) in [4.78, 5) is 68.8. The van der Waals surface area contributed by atoms with Crippen LogP contribution in [0.15, 0.2) is 48.8 Å². The molecule has 4 amide bonds. The number of likely N-dealkylation sites (tertiary alicyclic amines) is 2. The van der Waals surface area contributed by atoms with Crippen molar-refractivity contribution in [2.45, 2.75) is 88.7 Å². The lowest BCUT2D eigenvalue weighted by molar-refractivity contribution is -0.136. The minimum atomic E-state index is -1.25. The summed E-state index contributed by atoms with van der Waals surface area (Å²) in [6, 6.07) is 9.42. The highest BCUT2D eigenvalue weighted by atomic mass is 16.4. The average molecular weight is 767 g/mol. The molecule has 0 bridgehead atoms. The van der Waals surface area contributed by atoms with E-state index in [1.807, 2.05) is 37.3 Å². The molecule has 16 heteroatoms. The van der Waals surface area contributed by atoms with Gasteiger partial charge in [-0.3, -0.25) is 9.59 Å². The topological polar surface area (TPSA) is 237 Å². The largest absolute Gasteiger partial charge is 0.465 e. The van der Waals surface area contributed by atoms with Crippen LogP contribution in [0.25, 0.3) is 33.6 Å². The molecule has 2 aromatic carbocycles. The lowest BCUT2D eigenvalue weighted by Gasteiger charge is -2.27. The van der Waals surface area contributed by atoms with Crippen LogP contribution in [0.1, 0.15) is 73.4 Å². The number of nitrogens with zero attached hydrogens (tertiary/aromatic N) is 4. The summed E-state index contributed by atoms with van der Waals surface area (Å²) in [5.74, 6) is 0.305. The van der Waals surface area contributed by atoms with Crippen LogP contribution >= 0.6 is 0 Å². The summed E-state index contributed by atoms with van der Waals surface area (Å²) in [5, 5.41) is 44.5. The number of aromatic amines is 2. The van der Waals surface area contributed by atoms with E-state index in [2.05, 4.69) is 43.6 Å². The number of nitrogens with one attached hydrogen (secondary N) is 4. The molecule has 6 atom stereocenters. The summed E-state index contributed by atoms with van der Waals surface area (Å²) < 4.78 is 0. The van der Waals surface area contributed by atoms with Crippen LogP contribution in [-0.4, -0.2) is 112 Å². The highest BCUT2D eigenvalue weighted by Gasteiger charge is 2.46. The summed E-state index contributed by atoms with van der Waals surface area (Å²) in [6.07, 6.45) is 3.16. The number of carbonyl (C=O) groups excluding carboxylic acids is 2. The van der Waals surface area contributed by atoms with E-state index in [1.165, 1.54) is 4.90 Å². The van der Waals surface area contributed by atoms with E-state index < -0.39 is 48.6 Å². The average Bonchev–Trinajstić information content (AvgIpc) is 3.99. The molecule has 4 aliphatic rings. The Balaban J connectivity index is 0.971. The maximum absolute atomic E-state index is 13.5. The number of hydrogen-bond acceptors (Lipinski definition) is 8. The van der Waals surface area contributed by atoms with Gasteiger partial charge in [-0.1, -0.05) is 36.4 Å². The zero-order valence-corrected chi connectivity index (χ0v) is 31.1. The number of carbonyl (C=O) groups is 4. The van der Waals surface area contributed by atoms with Crippen LogP contribution in [0.4, 0.5) is 9.59 Å². The van der Waals surface area contributed by atoms with E-state index in [1.54, 1.807) is 17.3 Å². The van der Waals surface area contributed by atoms with Gasteiger partial charge in [-0.05, 0) is 79.2 Å². The molecule has 0 radical (unpaired) electrons. The van der Waals surface area contributed by atoms with E-state index >= 15 is 0 Å². The van der Waals surface area contributed by atoms with Gasteiger partial charge in [0.15, 0.2) is 0 Å². The van der Waals surface area contributed by atoms with Crippen molar-refractivity contribution in [1.29, 1.82) is 0 Å². The summed E-state index contributed by atoms with van der Waals surface area (Å²) in [6.45, 7) is 4.32. The predicted octanol–water partition coefficient (Wildman–Crippen LogP) is 4.11. The van der Waals surface area contributed by atoms with Crippen molar-refractivity contribution in [3.8, 4) is 33.6 Å². The van der Waals surface area contributed by atoms with Gasteiger partial charge in [-0.25, -0.2) is 19.6 Å². The first-order valence-corrected chi connectivity index (χ1v) is 19.1. The minimum absolute atomic E-state index is 0.0383. The summed E-state index contributed by atoms with van der Waals surface area (Å²) in [5.41, 5.74) is 7.51. The second-order valence-electron chi connectivity index (χ2n) is 15.7. The summed E-state index contributed by atoms with van der Waals surface area (Å²) >= 11 is 0. The van der Waals surface area contributed by atoms with E-state index in [-0.39, 0.29) is 36.7 Å². The zero-order chi connectivity index (χ0) is 39.4. The summed E-state index contributed by atoms with van der Waals surface area (Å²) in [7, 11) is 0. The Kier molecular flexibility index (Phi) is 9.78. The molecule has 2 saturated heterocycles. The van der Waals surface area contributed by atoms with Crippen molar-refractivity contribution in [2.75, 3.05) is 13.1 Å². The molecule has 2 saturated carbocycles. The molecular formula is C40H46N8O8. The van der Waals surface area contributed by atoms with Crippen LogP contribution in [0.2, 0.25) is 0 Å². The highest BCUT2D eigenvalue weighted by molar-refractivity contribution is 5.87. The van der Waals surface area contributed by atoms with Crippen LogP contribution in [-0.2, 0) is 9.59 Å². The predicted molar refractivity (Wildman–Crippen MR) is 202 cm³/mol. The van der Waals surface area contributed by atoms with Gasteiger partial charge in [0.2, 0.25) is 11.8 Å². The van der Waals surface area contributed by atoms with Crippen LogP contribution in [0.5, 0.6) is 0 Å². The normalized spacial score (nSPS) is 23.2. The number of carboxylic acid groups (broad SMARTS) is 2. The first-order chi connectivity index (χ1) is 26.9. The van der Waals surface area contributed by atoms with E-state index in [0.29, 0.717) is 24.5 Å². The maximum Gasteiger partial charge on any atom is 0.405 e. The molecule has 8 N–H and O–H groups in total. The third-order valence-electron chi connectivity index (χ3n) is 11.8. The first-order valence-electron chi connectivity index (χ1n) is 19.1. The SMILES string of the molecule is Cc1c(-c2ccc(-c3cnc([C@@H]4C[C@@H](O)CN4C(=O)[C@@H](NC(=O)O)C4CC4)[nH]3)cc2)ccc(-c2cnc([C@@H]3C[C@@H](O)CN3C(=O)[C@@H](NC(=O)O)C3CC3)[nH]2)c1C. The van der Waals surface area contributed by atoms with Gasteiger partial charge in [0.1, 0.15) is 23.7 Å². The van der Waals surface area contributed by atoms with Crippen molar-refractivity contribution in [2.24, 2.45) is 11.8 Å². The van der Waals surface area contributed by atoms with Gasteiger partial charge in [0.25, 0.3) is 0 Å². The van der Waals surface area contributed by atoms with Crippen LogP contribution in [0.3, 0.4) is 0 Å². The first kappa shape index (κ1) is 37.2. The third-order valence-corrected chi connectivity index (χ3v) is 11.8. The van der Waals surface area contributed by atoms with Crippen molar-refractivity contribution in [3.63, 3.8) is 0 Å². The van der Waals surface area contributed by atoms with Crippen LogP contribution in [0, 0.1) is 25.7 Å². The zero-order valence-electron chi connectivity index (χ0n) is 31.1. The van der Waals surface area contributed by atoms with Crippen LogP contribution < -0.4 is 10.6 Å². The maximum atomic E-state index is 13.5. The molecule has 16 nitrogen and oxygen atoms in total. The molecule has 4 aromatic rings. The van der Waals surface area contributed by atoms with Gasteiger partial charge in [-0.2, -0.15) is 0 Å². The Morgan fingerprint density at radius 2 is 1.09 bits per heavy atom. The minimum Gasteiger partial charge on any atom is -0.465 e. The molecule has 0 spiro atoms. The van der Waals surface area contributed by atoms with Crippen molar-refractivity contribution in [1.82, 2.24) is 40.4 Å².